The third-order valence-corrected chi connectivity index (χ3v) is 6.59. The predicted octanol–water partition coefficient (Wildman–Crippen LogP) is 7.00. The number of aryl methyl sites for hydroxylation is 1. The lowest BCUT2D eigenvalue weighted by Crippen LogP contribution is -2.25. The van der Waals surface area contributed by atoms with Gasteiger partial charge in [-0.3, -0.25) is 9.59 Å². The second-order valence-corrected chi connectivity index (χ2v) is 9.13. The van der Waals surface area contributed by atoms with Crippen LogP contribution in [0.1, 0.15) is 34.2 Å². The molecule has 0 bridgehead atoms. The minimum absolute atomic E-state index is 0.0163. The van der Waals surface area contributed by atoms with Crippen LogP contribution in [0, 0.1) is 13.8 Å². The fourth-order valence-corrected chi connectivity index (χ4v) is 4.80. The molecule has 5 rings (SSSR count). The van der Waals surface area contributed by atoms with Crippen molar-refractivity contribution in [2.75, 3.05) is 0 Å². The zero-order valence-corrected chi connectivity index (χ0v) is 20.4. The van der Waals surface area contributed by atoms with Crippen LogP contribution in [0.25, 0.3) is 27.4 Å². The molecule has 0 spiro atoms. The Kier molecular flexibility index (Phi) is 5.95. The molecular formula is C29H24ClNO4. The molecule has 0 saturated heterocycles. The van der Waals surface area contributed by atoms with E-state index in [0.717, 1.165) is 38.8 Å². The molecule has 0 fully saturated rings. The largest absolute Gasteiger partial charge is 0.464 e. The van der Waals surface area contributed by atoms with Gasteiger partial charge in [-0.15, -0.1) is 0 Å². The summed E-state index contributed by atoms with van der Waals surface area (Å²) < 4.78 is 13.2. The van der Waals surface area contributed by atoms with Gasteiger partial charge in [0.25, 0.3) is 0 Å². The summed E-state index contributed by atoms with van der Waals surface area (Å²) in [4.78, 5) is 26.0. The topological polar surface area (TPSA) is 61.4 Å². The van der Waals surface area contributed by atoms with Crippen molar-refractivity contribution in [1.29, 1.82) is 0 Å². The Balaban J connectivity index is 1.35. The van der Waals surface area contributed by atoms with Crippen LogP contribution < -0.4 is 0 Å². The molecule has 176 valence electrons. The SMILES string of the molecule is Cc1cc(C(=O)C(C)OC(=O)Cc2coc3ccc4ccccc4c23)c(C)n1-c1ccc(Cl)cc1. The van der Waals surface area contributed by atoms with Gasteiger partial charge in [0, 0.05) is 38.6 Å². The van der Waals surface area contributed by atoms with Crippen LogP contribution in [-0.2, 0) is 16.0 Å². The first-order valence-corrected chi connectivity index (χ1v) is 11.8. The summed E-state index contributed by atoms with van der Waals surface area (Å²) in [6, 6.07) is 21.1. The number of rotatable bonds is 6. The number of nitrogens with zero attached hydrogens (tertiary/aromatic N) is 1. The van der Waals surface area contributed by atoms with Crippen molar-refractivity contribution in [3.63, 3.8) is 0 Å². The van der Waals surface area contributed by atoms with E-state index in [1.54, 1.807) is 13.2 Å². The van der Waals surface area contributed by atoms with Crippen LogP contribution in [0.5, 0.6) is 0 Å². The highest BCUT2D eigenvalue weighted by Crippen LogP contribution is 2.30. The van der Waals surface area contributed by atoms with Crippen LogP contribution in [0.3, 0.4) is 0 Å². The summed E-state index contributed by atoms with van der Waals surface area (Å²) >= 11 is 6.02. The number of carbonyl (C=O) groups excluding carboxylic acids is 2. The van der Waals surface area contributed by atoms with Crippen LogP contribution in [0.4, 0.5) is 0 Å². The molecule has 3 aromatic carbocycles. The maximum Gasteiger partial charge on any atom is 0.311 e. The number of esters is 1. The van der Waals surface area contributed by atoms with Gasteiger partial charge in [-0.05, 0) is 67.9 Å². The Morgan fingerprint density at radius 2 is 1.77 bits per heavy atom. The summed E-state index contributed by atoms with van der Waals surface area (Å²) in [6.45, 7) is 5.42. The minimum Gasteiger partial charge on any atom is -0.464 e. The van der Waals surface area contributed by atoms with Crippen molar-refractivity contribution < 1.29 is 18.7 Å². The molecular weight excluding hydrogens is 462 g/mol. The van der Waals surface area contributed by atoms with Gasteiger partial charge in [-0.2, -0.15) is 0 Å². The molecule has 1 atom stereocenters. The monoisotopic (exact) mass is 485 g/mol. The molecule has 2 heterocycles. The molecule has 5 nitrogen and oxygen atoms in total. The minimum atomic E-state index is -0.920. The Hall–Kier alpha value is -3.83. The van der Waals surface area contributed by atoms with E-state index in [2.05, 4.69) is 0 Å². The Morgan fingerprint density at radius 3 is 2.54 bits per heavy atom. The lowest BCUT2D eigenvalue weighted by atomic mass is 10.0. The number of hydrogen-bond acceptors (Lipinski definition) is 4. The summed E-state index contributed by atoms with van der Waals surface area (Å²) in [7, 11) is 0. The molecule has 35 heavy (non-hydrogen) atoms. The zero-order valence-electron chi connectivity index (χ0n) is 19.7. The molecule has 2 aromatic heterocycles. The van der Waals surface area contributed by atoms with E-state index < -0.39 is 12.1 Å². The predicted molar refractivity (Wildman–Crippen MR) is 138 cm³/mol. The Bertz CT molecular complexity index is 1580. The number of hydrogen-bond donors (Lipinski definition) is 0. The van der Waals surface area contributed by atoms with Gasteiger partial charge in [0.15, 0.2) is 6.10 Å². The van der Waals surface area contributed by atoms with Crippen LogP contribution in [0.15, 0.2) is 77.4 Å². The van der Waals surface area contributed by atoms with Gasteiger partial charge in [0.2, 0.25) is 5.78 Å². The second kappa shape index (κ2) is 9.08. The van der Waals surface area contributed by atoms with Crippen molar-refractivity contribution in [3.05, 3.63) is 101 Å². The van der Waals surface area contributed by atoms with E-state index in [0.29, 0.717) is 16.2 Å². The number of benzene rings is 3. The van der Waals surface area contributed by atoms with Crippen molar-refractivity contribution in [2.45, 2.75) is 33.3 Å². The average Bonchev–Trinajstić information content (AvgIpc) is 3.39. The number of Topliss-reactive ketones (excluding diaryl/α,β-unsaturated/α-hetero) is 1. The molecule has 0 aliphatic heterocycles. The van der Waals surface area contributed by atoms with Crippen LogP contribution in [0.2, 0.25) is 5.02 Å². The normalized spacial score (nSPS) is 12.2. The highest BCUT2D eigenvalue weighted by Gasteiger charge is 2.25. The molecule has 0 saturated carbocycles. The van der Waals surface area contributed by atoms with Gasteiger partial charge < -0.3 is 13.7 Å². The van der Waals surface area contributed by atoms with Crippen molar-refractivity contribution >= 4 is 45.1 Å². The van der Waals surface area contributed by atoms with Crippen LogP contribution >= 0.6 is 11.6 Å². The third-order valence-electron chi connectivity index (χ3n) is 6.33. The average molecular weight is 486 g/mol. The number of furan rings is 1. The molecule has 0 amide bonds. The molecule has 0 aliphatic carbocycles. The van der Waals surface area contributed by atoms with Crippen molar-refractivity contribution in [3.8, 4) is 5.69 Å². The van der Waals surface area contributed by atoms with Gasteiger partial charge in [0.1, 0.15) is 5.58 Å². The molecule has 5 aromatic rings. The standard InChI is InChI=1S/C29H24ClNO4/c1-17-14-25(18(2)31(17)23-11-9-22(30)10-12-23)29(33)19(3)35-27(32)15-21-16-34-26-13-8-20-6-4-5-7-24(20)28(21)26/h4-14,16,19H,15H2,1-3H3. The first kappa shape index (κ1) is 22.9. The zero-order chi connectivity index (χ0) is 24.7. The van der Waals surface area contributed by atoms with E-state index in [1.165, 1.54) is 0 Å². The van der Waals surface area contributed by atoms with Crippen molar-refractivity contribution in [1.82, 2.24) is 4.57 Å². The lowest BCUT2D eigenvalue weighted by Gasteiger charge is -2.13. The fourth-order valence-electron chi connectivity index (χ4n) is 4.67. The second-order valence-electron chi connectivity index (χ2n) is 8.69. The smallest absolute Gasteiger partial charge is 0.311 e. The molecule has 0 aliphatic rings. The number of ketones is 1. The molecule has 6 heteroatoms. The summed E-state index contributed by atoms with van der Waals surface area (Å²) in [5.74, 6) is -0.720. The number of halogens is 1. The van der Waals surface area contributed by atoms with E-state index >= 15 is 0 Å². The highest BCUT2D eigenvalue weighted by atomic mass is 35.5. The Morgan fingerprint density at radius 1 is 1.03 bits per heavy atom. The number of fused-ring (bicyclic) bond motifs is 3. The Labute approximate surface area is 207 Å². The van der Waals surface area contributed by atoms with Gasteiger partial charge >= 0.3 is 5.97 Å². The van der Waals surface area contributed by atoms with Crippen LogP contribution in [-0.4, -0.2) is 22.4 Å². The van der Waals surface area contributed by atoms with E-state index in [9.17, 15) is 9.59 Å². The van der Waals surface area contributed by atoms with Gasteiger partial charge in [0.05, 0.1) is 12.7 Å². The summed E-state index contributed by atoms with van der Waals surface area (Å²) in [5, 5.41) is 3.62. The highest BCUT2D eigenvalue weighted by molar-refractivity contribution is 6.30. The number of aromatic nitrogens is 1. The maximum atomic E-state index is 13.2. The fraction of sp³-hybridized carbons (Fsp3) is 0.172. The molecule has 1 unspecified atom stereocenters. The van der Waals surface area contributed by atoms with E-state index in [1.807, 2.05) is 85.1 Å². The van der Waals surface area contributed by atoms with E-state index in [4.69, 9.17) is 20.8 Å². The first-order valence-electron chi connectivity index (χ1n) is 11.4. The van der Waals surface area contributed by atoms with Gasteiger partial charge in [-0.1, -0.05) is 41.9 Å². The number of ether oxygens (including phenoxy) is 1. The van der Waals surface area contributed by atoms with Crippen molar-refractivity contribution in [2.24, 2.45) is 0 Å². The lowest BCUT2D eigenvalue weighted by molar-refractivity contribution is -0.145. The maximum absolute atomic E-state index is 13.2. The molecule has 0 N–H and O–H groups in total. The third kappa shape index (κ3) is 4.24. The summed E-state index contributed by atoms with van der Waals surface area (Å²) in [5.41, 5.74) is 4.57. The first-order chi connectivity index (χ1) is 16.8. The summed E-state index contributed by atoms with van der Waals surface area (Å²) in [6.07, 6.45) is 0.684. The quantitative estimate of drug-likeness (QED) is 0.192. The number of carbonyl (C=O) groups is 2. The van der Waals surface area contributed by atoms with E-state index in [-0.39, 0.29) is 12.2 Å². The van der Waals surface area contributed by atoms with Gasteiger partial charge in [-0.25, -0.2) is 0 Å². The molecule has 0 radical (unpaired) electrons.